The molecule has 0 aliphatic carbocycles. The van der Waals surface area contributed by atoms with Crippen LogP contribution in [0.25, 0.3) is 6.08 Å². The molecule has 0 saturated heterocycles. The molecule has 0 saturated carbocycles. The highest BCUT2D eigenvalue weighted by atomic mass is 19.3. The van der Waals surface area contributed by atoms with E-state index < -0.39 is 18.3 Å². The van der Waals surface area contributed by atoms with Gasteiger partial charge in [0.25, 0.3) is 0 Å². The van der Waals surface area contributed by atoms with Gasteiger partial charge in [-0.25, -0.2) is 4.39 Å². The summed E-state index contributed by atoms with van der Waals surface area (Å²) in [5.74, 6) is -1.66. The van der Waals surface area contributed by atoms with Crippen molar-refractivity contribution >= 4 is 29.3 Å². The third-order valence-corrected chi connectivity index (χ3v) is 3.46. The lowest BCUT2D eigenvalue weighted by molar-refractivity contribution is -0.114. The first-order chi connectivity index (χ1) is 13.8. The van der Waals surface area contributed by atoms with E-state index in [0.717, 1.165) is 12.1 Å². The standard InChI is InChI=1S/C20H19F3N2O4/c1-3-28-18-10-13(4-8-17(18)29-20(22)23)5-9-19(27)25-16-11-14(24-12(2)26)6-7-15(16)21/h4-11,20H,3H2,1-2H3,(H,24,26)(H,25,27)/b9-5+. The first-order valence-corrected chi connectivity index (χ1v) is 8.56. The molecule has 0 fully saturated rings. The molecule has 0 spiro atoms. The molecule has 2 N–H and O–H groups in total. The van der Waals surface area contributed by atoms with Crippen LogP contribution in [0.4, 0.5) is 24.5 Å². The normalized spacial score (nSPS) is 10.8. The average molecular weight is 408 g/mol. The number of alkyl halides is 2. The third kappa shape index (κ3) is 6.87. The van der Waals surface area contributed by atoms with Crippen molar-refractivity contribution in [1.82, 2.24) is 0 Å². The fourth-order valence-corrected chi connectivity index (χ4v) is 2.34. The fraction of sp³-hybridized carbons (Fsp3) is 0.200. The van der Waals surface area contributed by atoms with E-state index in [2.05, 4.69) is 15.4 Å². The smallest absolute Gasteiger partial charge is 0.387 e. The highest BCUT2D eigenvalue weighted by molar-refractivity contribution is 6.02. The zero-order valence-corrected chi connectivity index (χ0v) is 15.7. The van der Waals surface area contributed by atoms with Gasteiger partial charge in [-0.3, -0.25) is 9.59 Å². The molecule has 0 unspecified atom stereocenters. The van der Waals surface area contributed by atoms with E-state index in [1.807, 2.05) is 0 Å². The Balaban J connectivity index is 2.12. The van der Waals surface area contributed by atoms with Crippen LogP contribution in [0.5, 0.6) is 11.5 Å². The van der Waals surface area contributed by atoms with E-state index in [1.165, 1.54) is 43.3 Å². The van der Waals surface area contributed by atoms with E-state index in [4.69, 9.17) is 4.74 Å². The molecule has 0 atom stereocenters. The van der Waals surface area contributed by atoms with Crippen molar-refractivity contribution in [2.75, 3.05) is 17.2 Å². The van der Waals surface area contributed by atoms with Crippen LogP contribution in [0.15, 0.2) is 42.5 Å². The van der Waals surface area contributed by atoms with Gasteiger partial charge in [-0.05, 0) is 48.9 Å². The first kappa shape index (κ1) is 21.8. The number of amides is 2. The van der Waals surface area contributed by atoms with Crippen LogP contribution in [0, 0.1) is 5.82 Å². The zero-order chi connectivity index (χ0) is 21.4. The van der Waals surface area contributed by atoms with Gasteiger partial charge in [-0.2, -0.15) is 8.78 Å². The fourth-order valence-electron chi connectivity index (χ4n) is 2.34. The minimum atomic E-state index is -3.00. The third-order valence-electron chi connectivity index (χ3n) is 3.46. The number of ether oxygens (including phenoxy) is 2. The summed E-state index contributed by atoms with van der Waals surface area (Å²) in [4.78, 5) is 23.2. The number of rotatable bonds is 8. The van der Waals surface area contributed by atoms with Gasteiger partial charge in [-0.1, -0.05) is 6.07 Å². The van der Waals surface area contributed by atoms with Crippen molar-refractivity contribution in [3.8, 4) is 11.5 Å². The maximum absolute atomic E-state index is 13.9. The Hall–Kier alpha value is -3.49. The van der Waals surface area contributed by atoms with Gasteiger partial charge in [0.2, 0.25) is 11.8 Å². The van der Waals surface area contributed by atoms with E-state index >= 15 is 0 Å². The zero-order valence-electron chi connectivity index (χ0n) is 15.7. The van der Waals surface area contributed by atoms with E-state index in [9.17, 15) is 22.8 Å². The molecular formula is C20H19F3N2O4. The second kappa shape index (κ2) is 10.2. The highest BCUT2D eigenvalue weighted by Gasteiger charge is 2.11. The monoisotopic (exact) mass is 408 g/mol. The van der Waals surface area contributed by atoms with E-state index in [-0.39, 0.29) is 29.7 Å². The van der Waals surface area contributed by atoms with Crippen LogP contribution < -0.4 is 20.1 Å². The molecule has 0 aromatic heterocycles. The summed E-state index contributed by atoms with van der Waals surface area (Å²) in [5.41, 5.74) is 0.702. The Bertz CT molecular complexity index is 917. The summed E-state index contributed by atoms with van der Waals surface area (Å²) in [6.07, 6.45) is 2.54. The molecule has 154 valence electrons. The van der Waals surface area contributed by atoms with Gasteiger partial charge in [0.1, 0.15) is 5.82 Å². The first-order valence-electron chi connectivity index (χ1n) is 8.56. The topological polar surface area (TPSA) is 76.7 Å². The maximum Gasteiger partial charge on any atom is 0.387 e. The Morgan fingerprint density at radius 2 is 1.86 bits per heavy atom. The number of hydrogen-bond acceptors (Lipinski definition) is 4. The van der Waals surface area contributed by atoms with E-state index in [1.54, 1.807) is 6.92 Å². The molecule has 6 nitrogen and oxygen atoms in total. The predicted octanol–water partition coefficient (Wildman–Crippen LogP) is 4.44. The number of benzene rings is 2. The lowest BCUT2D eigenvalue weighted by atomic mass is 10.2. The lowest BCUT2D eigenvalue weighted by Crippen LogP contribution is -2.11. The highest BCUT2D eigenvalue weighted by Crippen LogP contribution is 2.30. The summed E-state index contributed by atoms with van der Waals surface area (Å²) in [7, 11) is 0. The van der Waals surface area contributed by atoms with Gasteiger partial charge >= 0.3 is 6.61 Å². The summed E-state index contributed by atoms with van der Waals surface area (Å²) >= 11 is 0. The van der Waals surface area contributed by atoms with Gasteiger partial charge in [0, 0.05) is 18.7 Å². The molecule has 0 aliphatic rings. The van der Waals surface area contributed by atoms with Crippen molar-refractivity contribution in [3.63, 3.8) is 0 Å². The summed E-state index contributed by atoms with van der Waals surface area (Å²) in [6.45, 7) is 0.228. The van der Waals surface area contributed by atoms with Crippen molar-refractivity contribution < 1.29 is 32.2 Å². The second-order valence-corrected chi connectivity index (χ2v) is 5.72. The molecule has 0 bridgehead atoms. The maximum atomic E-state index is 13.9. The number of anilines is 2. The van der Waals surface area contributed by atoms with Crippen molar-refractivity contribution in [2.45, 2.75) is 20.5 Å². The van der Waals surface area contributed by atoms with E-state index in [0.29, 0.717) is 11.3 Å². The Kier molecular flexibility index (Phi) is 7.64. The predicted molar refractivity (Wildman–Crippen MR) is 103 cm³/mol. The Morgan fingerprint density at radius 1 is 1.10 bits per heavy atom. The van der Waals surface area contributed by atoms with Gasteiger partial charge in [0.05, 0.1) is 12.3 Å². The lowest BCUT2D eigenvalue weighted by Gasteiger charge is -2.11. The molecule has 29 heavy (non-hydrogen) atoms. The summed E-state index contributed by atoms with van der Waals surface area (Å²) < 4.78 is 48.4. The van der Waals surface area contributed by atoms with Crippen LogP contribution in [-0.2, 0) is 9.59 Å². The van der Waals surface area contributed by atoms with Crippen LogP contribution in [0.2, 0.25) is 0 Å². The molecule has 9 heteroatoms. The van der Waals surface area contributed by atoms with Crippen molar-refractivity contribution in [3.05, 3.63) is 53.9 Å². The Morgan fingerprint density at radius 3 is 2.52 bits per heavy atom. The summed E-state index contributed by atoms with van der Waals surface area (Å²) in [5, 5.41) is 4.85. The number of nitrogens with one attached hydrogen (secondary N) is 2. The molecule has 2 rings (SSSR count). The average Bonchev–Trinajstić information content (AvgIpc) is 2.64. The Labute approximate surface area is 165 Å². The SMILES string of the molecule is CCOc1cc(/C=C/C(=O)Nc2cc(NC(C)=O)ccc2F)ccc1OC(F)F. The minimum absolute atomic E-state index is 0.101. The number of halogens is 3. The van der Waals surface area contributed by atoms with Crippen LogP contribution >= 0.6 is 0 Å². The number of carbonyl (C=O) groups excluding carboxylic acids is 2. The molecule has 2 amide bonds. The van der Waals surface area contributed by atoms with Gasteiger partial charge in [-0.15, -0.1) is 0 Å². The van der Waals surface area contributed by atoms with Gasteiger partial charge < -0.3 is 20.1 Å². The second-order valence-electron chi connectivity index (χ2n) is 5.72. The molecule has 2 aromatic carbocycles. The largest absolute Gasteiger partial charge is 0.490 e. The summed E-state index contributed by atoms with van der Waals surface area (Å²) in [6, 6.07) is 7.95. The van der Waals surface area contributed by atoms with Crippen LogP contribution in [-0.4, -0.2) is 25.0 Å². The molecular weight excluding hydrogens is 389 g/mol. The molecule has 2 aromatic rings. The molecule has 0 heterocycles. The van der Waals surface area contributed by atoms with Crippen molar-refractivity contribution in [1.29, 1.82) is 0 Å². The van der Waals surface area contributed by atoms with Crippen LogP contribution in [0.1, 0.15) is 19.4 Å². The van der Waals surface area contributed by atoms with Crippen LogP contribution in [0.3, 0.4) is 0 Å². The molecule has 0 radical (unpaired) electrons. The number of hydrogen-bond donors (Lipinski definition) is 2. The van der Waals surface area contributed by atoms with Crippen molar-refractivity contribution in [2.24, 2.45) is 0 Å². The van der Waals surface area contributed by atoms with Gasteiger partial charge in [0.15, 0.2) is 11.5 Å². The minimum Gasteiger partial charge on any atom is -0.490 e. The molecule has 0 aliphatic heterocycles. The number of carbonyl (C=O) groups is 2. The quantitative estimate of drug-likeness (QED) is 0.634.